The smallest absolute Gasteiger partial charge is 0.159 e. The first-order chi connectivity index (χ1) is 8.54. The van der Waals surface area contributed by atoms with Crippen LogP contribution in [0.1, 0.15) is 18.4 Å². The van der Waals surface area contributed by atoms with Gasteiger partial charge in [-0.15, -0.1) is 0 Å². The number of nitrogens with zero attached hydrogens (tertiary/aromatic N) is 1. The van der Waals surface area contributed by atoms with Crippen molar-refractivity contribution in [3.8, 4) is 0 Å². The Bertz CT molecular complexity index is 416. The number of nitrogens with two attached hydrogens (primary N) is 1. The highest BCUT2D eigenvalue weighted by atomic mass is 19.2. The highest BCUT2D eigenvalue weighted by Crippen LogP contribution is 2.44. The number of benzene rings is 1. The molecule has 2 N–H and O–H groups in total. The van der Waals surface area contributed by atoms with Crippen LogP contribution in [0, 0.1) is 17.0 Å². The van der Waals surface area contributed by atoms with Crippen molar-refractivity contribution in [1.29, 1.82) is 0 Å². The summed E-state index contributed by atoms with van der Waals surface area (Å²) in [6.45, 7) is 2.57. The van der Waals surface area contributed by atoms with Gasteiger partial charge in [-0.05, 0) is 56.0 Å². The molecule has 100 valence electrons. The lowest BCUT2D eigenvalue weighted by atomic mass is 10.1. The summed E-state index contributed by atoms with van der Waals surface area (Å²) in [5.41, 5.74) is 6.90. The van der Waals surface area contributed by atoms with Gasteiger partial charge < -0.3 is 10.6 Å². The van der Waals surface area contributed by atoms with Crippen LogP contribution >= 0.6 is 0 Å². The molecular formula is C14H20F2N2. The number of hydrogen-bond donors (Lipinski definition) is 1. The molecule has 18 heavy (non-hydrogen) atoms. The fraction of sp³-hybridized carbons (Fsp3) is 0.571. The zero-order chi connectivity index (χ0) is 13.2. The minimum absolute atomic E-state index is 0.322. The van der Waals surface area contributed by atoms with Crippen LogP contribution in [0.5, 0.6) is 0 Å². The van der Waals surface area contributed by atoms with Crippen LogP contribution in [-0.4, -0.2) is 31.6 Å². The van der Waals surface area contributed by atoms with Gasteiger partial charge in [0, 0.05) is 13.1 Å². The van der Waals surface area contributed by atoms with Crippen LogP contribution in [0.25, 0.3) is 0 Å². The van der Waals surface area contributed by atoms with Gasteiger partial charge in [-0.2, -0.15) is 0 Å². The monoisotopic (exact) mass is 254 g/mol. The predicted molar refractivity (Wildman–Crippen MR) is 68.3 cm³/mol. The Labute approximate surface area is 107 Å². The van der Waals surface area contributed by atoms with Crippen LogP contribution in [0.2, 0.25) is 0 Å². The van der Waals surface area contributed by atoms with Crippen LogP contribution in [0.4, 0.5) is 8.78 Å². The molecule has 0 heterocycles. The van der Waals surface area contributed by atoms with Gasteiger partial charge in [-0.3, -0.25) is 0 Å². The molecule has 4 heteroatoms. The minimum Gasteiger partial charge on any atom is -0.330 e. The lowest BCUT2D eigenvalue weighted by Gasteiger charge is -2.22. The number of rotatable bonds is 6. The minimum atomic E-state index is -0.785. The molecule has 1 aliphatic carbocycles. The second-order valence-corrected chi connectivity index (χ2v) is 5.44. The van der Waals surface area contributed by atoms with Gasteiger partial charge in [-0.25, -0.2) is 8.78 Å². The van der Waals surface area contributed by atoms with Crippen LogP contribution in [0.3, 0.4) is 0 Å². The van der Waals surface area contributed by atoms with Crippen molar-refractivity contribution in [2.75, 3.05) is 26.7 Å². The number of hydrogen-bond acceptors (Lipinski definition) is 2. The Morgan fingerprint density at radius 3 is 2.56 bits per heavy atom. The average molecular weight is 254 g/mol. The summed E-state index contributed by atoms with van der Waals surface area (Å²) < 4.78 is 25.8. The molecule has 1 saturated carbocycles. The number of halogens is 2. The summed E-state index contributed by atoms with van der Waals surface area (Å²) in [4.78, 5) is 2.22. The maximum atomic E-state index is 13.0. The molecule has 1 fully saturated rings. The van der Waals surface area contributed by atoms with E-state index in [4.69, 9.17) is 5.73 Å². The van der Waals surface area contributed by atoms with Gasteiger partial charge in [0.1, 0.15) is 0 Å². The van der Waals surface area contributed by atoms with Gasteiger partial charge >= 0.3 is 0 Å². The standard InChI is InChI=1S/C14H20F2N2/c1-18(10-14(9-17)5-6-14)7-4-11-2-3-12(15)13(16)8-11/h2-3,8H,4-7,9-10,17H2,1H3. The summed E-state index contributed by atoms with van der Waals surface area (Å²) in [7, 11) is 2.05. The Morgan fingerprint density at radius 2 is 2.00 bits per heavy atom. The van der Waals surface area contributed by atoms with Crippen molar-refractivity contribution < 1.29 is 8.78 Å². The summed E-state index contributed by atoms with van der Waals surface area (Å²) in [6, 6.07) is 4.11. The van der Waals surface area contributed by atoms with Crippen LogP contribution < -0.4 is 5.73 Å². The quantitative estimate of drug-likeness (QED) is 0.843. The third-order valence-corrected chi connectivity index (χ3v) is 3.76. The van der Waals surface area contributed by atoms with E-state index in [0.717, 1.165) is 31.6 Å². The maximum absolute atomic E-state index is 13.0. The van der Waals surface area contributed by atoms with E-state index < -0.39 is 11.6 Å². The summed E-state index contributed by atoms with van der Waals surface area (Å²) >= 11 is 0. The van der Waals surface area contributed by atoms with Crippen molar-refractivity contribution in [2.45, 2.75) is 19.3 Å². The first kappa shape index (κ1) is 13.4. The summed E-state index contributed by atoms with van der Waals surface area (Å²) in [6.07, 6.45) is 3.15. The first-order valence-corrected chi connectivity index (χ1v) is 6.37. The van der Waals surface area contributed by atoms with E-state index >= 15 is 0 Å². The van der Waals surface area contributed by atoms with E-state index in [0.29, 0.717) is 5.41 Å². The largest absolute Gasteiger partial charge is 0.330 e. The Hall–Kier alpha value is -1.00. The highest BCUT2D eigenvalue weighted by Gasteiger charge is 2.41. The van der Waals surface area contributed by atoms with E-state index in [2.05, 4.69) is 11.9 Å². The molecule has 0 bridgehead atoms. The molecule has 0 aliphatic heterocycles. The molecule has 2 nitrogen and oxygen atoms in total. The topological polar surface area (TPSA) is 29.3 Å². The fourth-order valence-corrected chi connectivity index (χ4v) is 2.27. The van der Waals surface area contributed by atoms with Crippen LogP contribution in [0.15, 0.2) is 18.2 Å². The van der Waals surface area contributed by atoms with E-state index in [1.807, 2.05) is 0 Å². The normalized spacial score (nSPS) is 17.2. The third kappa shape index (κ3) is 3.27. The highest BCUT2D eigenvalue weighted by molar-refractivity contribution is 5.18. The van der Waals surface area contributed by atoms with Crippen molar-refractivity contribution in [3.05, 3.63) is 35.4 Å². The molecular weight excluding hydrogens is 234 g/mol. The Morgan fingerprint density at radius 1 is 1.28 bits per heavy atom. The molecule has 1 aromatic rings. The molecule has 0 aromatic heterocycles. The van der Waals surface area contributed by atoms with Gasteiger partial charge in [0.05, 0.1) is 0 Å². The van der Waals surface area contributed by atoms with E-state index in [-0.39, 0.29) is 0 Å². The molecule has 0 spiro atoms. The van der Waals surface area contributed by atoms with Crippen molar-refractivity contribution in [3.63, 3.8) is 0 Å². The van der Waals surface area contributed by atoms with E-state index in [1.165, 1.54) is 25.0 Å². The van der Waals surface area contributed by atoms with Gasteiger partial charge in [0.2, 0.25) is 0 Å². The SMILES string of the molecule is CN(CCc1ccc(F)c(F)c1)CC1(CN)CC1. The molecule has 0 amide bonds. The maximum Gasteiger partial charge on any atom is 0.159 e. The molecule has 2 rings (SSSR count). The van der Waals surface area contributed by atoms with E-state index in [1.54, 1.807) is 6.07 Å². The average Bonchev–Trinajstić information content (AvgIpc) is 3.11. The van der Waals surface area contributed by atoms with Crippen molar-refractivity contribution in [1.82, 2.24) is 4.90 Å². The molecule has 1 aliphatic rings. The van der Waals surface area contributed by atoms with Gasteiger partial charge in [0.15, 0.2) is 11.6 Å². The van der Waals surface area contributed by atoms with Gasteiger partial charge in [-0.1, -0.05) is 6.07 Å². The van der Waals surface area contributed by atoms with Crippen molar-refractivity contribution in [2.24, 2.45) is 11.1 Å². The molecule has 1 aromatic carbocycles. The molecule has 0 radical (unpaired) electrons. The lowest BCUT2D eigenvalue weighted by molar-refractivity contribution is 0.269. The summed E-state index contributed by atoms with van der Waals surface area (Å²) in [5, 5.41) is 0. The van der Waals surface area contributed by atoms with Gasteiger partial charge in [0.25, 0.3) is 0 Å². The molecule has 0 saturated heterocycles. The molecule has 0 atom stereocenters. The number of likely N-dealkylation sites (N-methyl/N-ethyl adjacent to an activating group) is 1. The summed E-state index contributed by atoms with van der Waals surface area (Å²) in [5.74, 6) is -1.55. The third-order valence-electron chi connectivity index (χ3n) is 3.76. The zero-order valence-electron chi connectivity index (χ0n) is 10.8. The van der Waals surface area contributed by atoms with Crippen LogP contribution in [-0.2, 0) is 6.42 Å². The lowest BCUT2D eigenvalue weighted by Crippen LogP contribution is -2.32. The Balaban J connectivity index is 1.81. The second-order valence-electron chi connectivity index (χ2n) is 5.44. The first-order valence-electron chi connectivity index (χ1n) is 6.37. The second kappa shape index (κ2) is 5.33. The van der Waals surface area contributed by atoms with Crippen molar-refractivity contribution >= 4 is 0 Å². The predicted octanol–water partition coefficient (Wildman–Crippen LogP) is 2.18. The fourth-order valence-electron chi connectivity index (χ4n) is 2.27. The Kier molecular flexibility index (Phi) is 3.97. The zero-order valence-corrected chi connectivity index (χ0v) is 10.8. The van der Waals surface area contributed by atoms with E-state index in [9.17, 15) is 8.78 Å². The molecule has 0 unspecified atom stereocenters.